The van der Waals surface area contributed by atoms with Gasteiger partial charge in [-0.1, -0.05) is 164 Å². The molecule has 3 heteroatoms. The molecule has 0 unspecified atom stereocenters. The predicted molar refractivity (Wildman–Crippen MR) is 240 cm³/mol. The zero-order valence-corrected chi connectivity index (χ0v) is 31.2. The predicted octanol–water partition coefficient (Wildman–Crippen LogP) is 14.5. The SMILES string of the molecule is C1=C(c2ccccc2)/N=C(c2ccccc2)\N=C(\c2ccc3c(c2)oc2cc(-c4ccc(-c5ccc6c7ccccc7c7ccccc7c6c5)cc4)ccc23)CC\1. The highest BCUT2D eigenvalue weighted by atomic mass is 16.3. The van der Waals surface area contributed by atoms with Crippen LogP contribution in [0.25, 0.3) is 82.2 Å². The normalized spacial score (nSPS) is 16.2. The van der Waals surface area contributed by atoms with Crippen molar-refractivity contribution in [3.8, 4) is 22.3 Å². The summed E-state index contributed by atoms with van der Waals surface area (Å²) >= 11 is 0. The topological polar surface area (TPSA) is 37.9 Å². The van der Waals surface area contributed by atoms with Gasteiger partial charge < -0.3 is 4.42 Å². The van der Waals surface area contributed by atoms with Crippen molar-refractivity contribution in [1.82, 2.24) is 0 Å². The van der Waals surface area contributed by atoms with E-state index in [1.807, 2.05) is 24.3 Å². The summed E-state index contributed by atoms with van der Waals surface area (Å²) in [5, 5.41) is 9.94. The minimum atomic E-state index is 0.712. The molecule has 0 atom stereocenters. The molecule has 1 aliphatic rings. The number of aliphatic imine (C=N–C) groups is 2. The van der Waals surface area contributed by atoms with Crippen molar-refractivity contribution >= 4 is 71.5 Å². The number of amidine groups is 1. The maximum absolute atomic E-state index is 6.59. The smallest absolute Gasteiger partial charge is 0.160 e. The number of fused-ring (bicyclic) bond motifs is 9. The molecule has 0 N–H and O–H groups in total. The Morgan fingerprint density at radius 2 is 0.789 bits per heavy atom. The Labute approximate surface area is 330 Å². The van der Waals surface area contributed by atoms with Crippen LogP contribution in [0.4, 0.5) is 0 Å². The largest absolute Gasteiger partial charge is 0.456 e. The van der Waals surface area contributed by atoms with Gasteiger partial charge in [0.25, 0.3) is 0 Å². The van der Waals surface area contributed by atoms with E-state index in [-0.39, 0.29) is 0 Å². The molecule has 2 heterocycles. The molecular weight excluding hydrogens is 693 g/mol. The van der Waals surface area contributed by atoms with Crippen LogP contribution in [0, 0.1) is 0 Å². The molecule has 0 spiro atoms. The number of nitrogens with zero attached hydrogens (tertiary/aromatic N) is 2. The Bertz CT molecular complexity index is 3230. The molecule has 0 amide bonds. The second-order valence-electron chi connectivity index (χ2n) is 14.8. The molecule has 57 heavy (non-hydrogen) atoms. The third-order valence-corrected chi connectivity index (χ3v) is 11.4. The van der Waals surface area contributed by atoms with Crippen LogP contribution in [0.2, 0.25) is 0 Å². The monoisotopic (exact) mass is 728 g/mol. The fraction of sp³-hybridized carbons (Fsp3) is 0.0370. The molecule has 0 saturated heterocycles. The van der Waals surface area contributed by atoms with Gasteiger partial charge in [0.1, 0.15) is 11.2 Å². The van der Waals surface area contributed by atoms with E-state index in [1.165, 1.54) is 43.4 Å². The van der Waals surface area contributed by atoms with Gasteiger partial charge in [-0.3, -0.25) is 0 Å². The Balaban J connectivity index is 0.917. The van der Waals surface area contributed by atoms with Gasteiger partial charge in [0.15, 0.2) is 5.84 Å². The van der Waals surface area contributed by atoms with Gasteiger partial charge in [-0.05, 0) is 109 Å². The second-order valence-corrected chi connectivity index (χ2v) is 14.8. The Morgan fingerprint density at radius 1 is 0.333 bits per heavy atom. The molecule has 1 aliphatic heterocycles. The van der Waals surface area contributed by atoms with Crippen molar-refractivity contribution in [1.29, 1.82) is 0 Å². The molecule has 11 rings (SSSR count). The number of furan rings is 1. The van der Waals surface area contributed by atoms with Crippen LogP contribution in [0.1, 0.15) is 29.5 Å². The Hall–Kier alpha value is -7.36. The van der Waals surface area contributed by atoms with Crippen LogP contribution >= 0.6 is 0 Å². The summed E-state index contributed by atoms with van der Waals surface area (Å²) in [6, 6.07) is 66.9. The lowest BCUT2D eigenvalue weighted by Gasteiger charge is -2.13. The lowest BCUT2D eigenvalue weighted by Crippen LogP contribution is -2.09. The average Bonchev–Trinajstić information content (AvgIpc) is 3.64. The first-order valence-electron chi connectivity index (χ1n) is 19.6. The van der Waals surface area contributed by atoms with Crippen LogP contribution < -0.4 is 0 Å². The highest BCUT2D eigenvalue weighted by Crippen LogP contribution is 2.38. The van der Waals surface area contributed by atoms with Gasteiger partial charge in [-0.2, -0.15) is 0 Å². The van der Waals surface area contributed by atoms with Crippen LogP contribution in [-0.2, 0) is 0 Å². The van der Waals surface area contributed by atoms with Gasteiger partial charge in [0.2, 0.25) is 0 Å². The fourth-order valence-corrected chi connectivity index (χ4v) is 8.51. The molecule has 0 saturated carbocycles. The van der Waals surface area contributed by atoms with Crippen molar-refractivity contribution in [3.63, 3.8) is 0 Å². The lowest BCUT2D eigenvalue weighted by molar-refractivity contribution is 0.669. The summed E-state index contributed by atoms with van der Waals surface area (Å²) in [5.41, 5.74) is 11.5. The van der Waals surface area contributed by atoms with E-state index in [0.717, 1.165) is 74.0 Å². The first-order valence-corrected chi connectivity index (χ1v) is 19.6. The van der Waals surface area contributed by atoms with Crippen LogP contribution in [0.15, 0.2) is 209 Å². The van der Waals surface area contributed by atoms with E-state index in [4.69, 9.17) is 14.4 Å². The van der Waals surface area contributed by atoms with Gasteiger partial charge in [-0.25, -0.2) is 9.98 Å². The second kappa shape index (κ2) is 13.7. The van der Waals surface area contributed by atoms with E-state index in [1.54, 1.807) is 0 Å². The molecule has 268 valence electrons. The molecule has 1 aromatic heterocycles. The fourth-order valence-electron chi connectivity index (χ4n) is 8.51. The minimum absolute atomic E-state index is 0.712. The van der Waals surface area contributed by atoms with E-state index in [9.17, 15) is 0 Å². The number of benzene rings is 9. The minimum Gasteiger partial charge on any atom is -0.456 e. The summed E-state index contributed by atoms with van der Waals surface area (Å²) in [6.45, 7) is 0. The Kier molecular flexibility index (Phi) is 7.96. The Morgan fingerprint density at radius 3 is 1.40 bits per heavy atom. The van der Waals surface area contributed by atoms with Gasteiger partial charge in [0.05, 0.1) is 11.4 Å². The van der Waals surface area contributed by atoms with Gasteiger partial charge in [0, 0.05) is 16.3 Å². The summed E-state index contributed by atoms with van der Waals surface area (Å²) in [5.74, 6) is 0.712. The molecule has 10 aromatic rings. The van der Waals surface area contributed by atoms with Gasteiger partial charge in [-0.15, -0.1) is 0 Å². The lowest BCUT2D eigenvalue weighted by atomic mass is 9.92. The molecule has 0 radical (unpaired) electrons. The van der Waals surface area contributed by atoms with E-state index < -0.39 is 0 Å². The summed E-state index contributed by atoms with van der Waals surface area (Å²) in [6.07, 6.45) is 3.86. The van der Waals surface area contributed by atoms with E-state index in [0.29, 0.717) is 5.84 Å². The summed E-state index contributed by atoms with van der Waals surface area (Å²) in [4.78, 5) is 10.3. The highest BCUT2D eigenvalue weighted by molar-refractivity contribution is 6.25. The zero-order chi connectivity index (χ0) is 37.7. The molecule has 0 fully saturated rings. The molecule has 9 aromatic carbocycles. The molecular formula is C54H36N2O. The van der Waals surface area contributed by atoms with Crippen molar-refractivity contribution < 1.29 is 4.42 Å². The zero-order valence-electron chi connectivity index (χ0n) is 31.2. The summed E-state index contributed by atoms with van der Waals surface area (Å²) in [7, 11) is 0. The van der Waals surface area contributed by atoms with E-state index >= 15 is 0 Å². The van der Waals surface area contributed by atoms with E-state index in [2.05, 4.69) is 170 Å². The van der Waals surface area contributed by atoms with Crippen LogP contribution in [0.3, 0.4) is 0 Å². The van der Waals surface area contributed by atoms with Crippen LogP contribution in [0.5, 0.6) is 0 Å². The number of hydrogen-bond acceptors (Lipinski definition) is 3. The maximum atomic E-state index is 6.59. The molecule has 3 nitrogen and oxygen atoms in total. The van der Waals surface area contributed by atoms with Crippen molar-refractivity contribution in [2.24, 2.45) is 9.98 Å². The molecule has 0 aliphatic carbocycles. The van der Waals surface area contributed by atoms with Crippen molar-refractivity contribution in [2.45, 2.75) is 12.8 Å². The third kappa shape index (κ3) is 5.92. The molecule has 0 bridgehead atoms. The number of hydrogen-bond donors (Lipinski definition) is 0. The highest BCUT2D eigenvalue weighted by Gasteiger charge is 2.16. The summed E-state index contributed by atoms with van der Waals surface area (Å²) < 4.78 is 6.59. The number of allylic oxidation sites excluding steroid dienone is 1. The van der Waals surface area contributed by atoms with Gasteiger partial charge >= 0.3 is 0 Å². The average molecular weight is 729 g/mol. The third-order valence-electron chi connectivity index (χ3n) is 11.4. The van der Waals surface area contributed by atoms with Crippen molar-refractivity contribution in [3.05, 3.63) is 211 Å². The first kappa shape index (κ1) is 33.0. The first-order chi connectivity index (χ1) is 28.2. The quantitative estimate of drug-likeness (QED) is 0.163. The van der Waals surface area contributed by atoms with Crippen LogP contribution in [-0.4, -0.2) is 11.5 Å². The maximum Gasteiger partial charge on any atom is 0.160 e. The van der Waals surface area contributed by atoms with Crippen molar-refractivity contribution in [2.75, 3.05) is 0 Å². The standard InChI is InChI=1S/C54H36N2O/c1-3-12-37(13-4-1)50-20-11-21-51(56-54(55-50)38-14-5-2-6-15-38)41-28-31-48-47-30-27-40(33-52(47)57-53(48)34-41)36-24-22-35(23-25-36)39-26-29-46-44-18-8-7-16-42(44)43-17-9-10-19-45(43)49(46)32-39/h1-10,12-20,22-34H,11,21H2/b50-20-,55-54-,56-51+. The number of rotatable bonds is 5.